The third kappa shape index (κ3) is 3.17. The van der Waals surface area contributed by atoms with Gasteiger partial charge in [-0.2, -0.15) is 0 Å². The molecule has 0 aliphatic heterocycles. The van der Waals surface area contributed by atoms with Gasteiger partial charge < -0.3 is 14.5 Å². The van der Waals surface area contributed by atoms with Gasteiger partial charge in [-0.1, -0.05) is 19.9 Å². The Morgan fingerprint density at radius 1 is 1.30 bits per heavy atom. The minimum Gasteiger partial charge on any atom is -0.468 e. The van der Waals surface area contributed by atoms with Gasteiger partial charge in [-0.05, 0) is 24.1 Å². The molecule has 2 rings (SSSR count). The maximum Gasteiger partial charge on any atom is 0.287 e. The summed E-state index contributed by atoms with van der Waals surface area (Å²) in [7, 11) is 1.49. The highest BCUT2D eigenvalue weighted by atomic mass is 16.6. The van der Waals surface area contributed by atoms with Gasteiger partial charge in [-0.3, -0.25) is 9.78 Å². The number of pyridine rings is 1. The molecule has 5 nitrogen and oxygen atoms in total. The molecule has 0 aromatic carbocycles. The number of hydrogen-bond donors (Lipinski definition) is 1. The highest BCUT2D eigenvalue weighted by Gasteiger charge is 2.21. The lowest BCUT2D eigenvalue weighted by atomic mass is 10.0. The Bertz CT molecular complexity index is 564. The summed E-state index contributed by atoms with van der Waals surface area (Å²) in [5.41, 5.74) is 0.828. The molecule has 0 saturated heterocycles. The molecule has 2 heterocycles. The van der Waals surface area contributed by atoms with Crippen molar-refractivity contribution in [3.8, 4) is 5.95 Å². The number of carbonyl (C=O) groups excluding carboxylic acids is 1. The minimum absolute atomic E-state index is 0.167. The quantitative estimate of drug-likeness (QED) is 0.910. The van der Waals surface area contributed by atoms with Crippen LogP contribution in [-0.2, 0) is 0 Å². The number of aromatic nitrogens is 1. The predicted molar refractivity (Wildman–Crippen MR) is 74.5 cm³/mol. The van der Waals surface area contributed by atoms with E-state index in [4.69, 9.17) is 9.15 Å². The number of furan rings is 1. The van der Waals surface area contributed by atoms with Crippen LogP contribution in [0.25, 0.3) is 0 Å². The Morgan fingerprint density at radius 3 is 2.65 bits per heavy atom. The molecule has 0 bridgehead atoms. The first-order valence-electron chi connectivity index (χ1n) is 6.47. The lowest BCUT2D eigenvalue weighted by molar-refractivity contribution is 0.0890. The van der Waals surface area contributed by atoms with Crippen LogP contribution in [0.4, 0.5) is 0 Å². The normalized spacial score (nSPS) is 12.2. The van der Waals surface area contributed by atoms with Crippen molar-refractivity contribution in [1.29, 1.82) is 0 Å². The summed E-state index contributed by atoms with van der Waals surface area (Å²) in [6.45, 7) is 4.06. The van der Waals surface area contributed by atoms with Crippen molar-refractivity contribution in [2.75, 3.05) is 7.11 Å². The van der Waals surface area contributed by atoms with Gasteiger partial charge >= 0.3 is 0 Å². The Labute approximate surface area is 118 Å². The third-order valence-corrected chi connectivity index (χ3v) is 2.97. The van der Waals surface area contributed by atoms with Crippen molar-refractivity contribution in [2.45, 2.75) is 19.9 Å². The summed E-state index contributed by atoms with van der Waals surface area (Å²) in [6.07, 6.45) is 1.72. The van der Waals surface area contributed by atoms with Crippen molar-refractivity contribution < 1.29 is 13.9 Å². The standard InChI is InChI=1S/C15H18N2O3/c1-10(2)14(11-6-4-5-9-16-11)17-15(18)12-7-8-13(19-3)20-12/h4-10,14H,1-3H3,(H,17,18). The van der Waals surface area contributed by atoms with Gasteiger partial charge in [0.15, 0.2) is 5.76 Å². The Morgan fingerprint density at radius 2 is 2.10 bits per heavy atom. The summed E-state index contributed by atoms with van der Waals surface area (Å²) in [6, 6.07) is 8.68. The SMILES string of the molecule is COc1ccc(C(=O)NC(c2ccccn2)C(C)C)o1. The molecule has 0 aliphatic carbocycles. The highest BCUT2D eigenvalue weighted by molar-refractivity contribution is 5.91. The molecule has 0 aliphatic rings. The smallest absolute Gasteiger partial charge is 0.287 e. The molecule has 1 atom stereocenters. The zero-order chi connectivity index (χ0) is 14.5. The first kappa shape index (κ1) is 14.1. The van der Waals surface area contributed by atoms with E-state index in [0.29, 0.717) is 5.95 Å². The summed E-state index contributed by atoms with van der Waals surface area (Å²) >= 11 is 0. The molecule has 2 aromatic rings. The predicted octanol–water partition coefficient (Wildman–Crippen LogP) is 2.81. The lowest BCUT2D eigenvalue weighted by Crippen LogP contribution is -2.32. The van der Waals surface area contributed by atoms with Crippen LogP contribution in [0.5, 0.6) is 5.95 Å². The van der Waals surface area contributed by atoms with Crippen LogP contribution >= 0.6 is 0 Å². The Kier molecular flexibility index (Phi) is 4.40. The number of hydrogen-bond acceptors (Lipinski definition) is 4. The minimum atomic E-state index is -0.280. The third-order valence-electron chi connectivity index (χ3n) is 2.97. The summed E-state index contributed by atoms with van der Waals surface area (Å²) in [5.74, 6) is 0.473. The van der Waals surface area contributed by atoms with E-state index in [2.05, 4.69) is 10.3 Å². The van der Waals surface area contributed by atoms with Crippen molar-refractivity contribution >= 4 is 5.91 Å². The molecular formula is C15H18N2O3. The molecule has 20 heavy (non-hydrogen) atoms. The first-order valence-corrected chi connectivity index (χ1v) is 6.47. The zero-order valence-corrected chi connectivity index (χ0v) is 11.8. The van der Waals surface area contributed by atoms with E-state index < -0.39 is 0 Å². The van der Waals surface area contributed by atoms with Crippen LogP contribution in [0.3, 0.4) is 0 Å². The molecule has 0 fully saturated rings. The second-order valence-electron chi connectivity index (χ2n) is 4.77. The number of methoxy groups -OCH3 is 1. The second-order valence-corrected chi connectivity index (χ2v) is 4.77. The van der Waals surface area contributed by atoms with E-state index in [-0.39, 0.29) is 23.6 Å². The monoisotopic (exact) mass is 274 g/mol. The van der Waals surface area contributed by atoms with Gasteiger partial charge in [0.1, 0.15) is 0 Å². The maximum atomic E-state index is 12.2. The van der Waals surface area contributed by atoms with Gasteiger partial charge in [-0.25, -0.2) is 0 Å². The number of nitrogens with zero attached hydrogens (tertiary/aromatic N) is 1. The number of carbonyl (C=O) groups is 1. The molecule has 1 amide bonds. The average molecular weight is 274 g/mol. The Hall–Kier alpha value is -2.30. The molecule has 5 heteroatoms. The van der Waals surface area contributed by atoms with Crippen molar-refractivity contribution in [2.24, 2.45) is 5.92 Å². The van der Waals surface area contributed by atoms with Gasteiger partial charge in [-0.15, -0.1) is 0 Å². The van der Waals surface area contributed by atoms with Gasteiger partial charge in [0.05, 0.1) is 18.8 Å². The lowest BCUT2D eigenvalue weighted by Gasteiger charge is -2.21. The fourth-order valence-electron chi connectivity index (χ4n) is 1.91. The van der Waals surface area contributed by atoms with Crippen molar-refractivity contribution in [3.05, 3.63) is 48.0 Å². The molecule has 0 spiro atoms. The summed E-state index contributed by atoms with van der Waals surface area (Å²) in [5, 5.41) is 2.94. The van der Waals surface area contributed by atoms with Crippen molar-refractivity contribution in [1.82, 2.24) is 10.3 Å². The van der Waals surface area contributed by atoms with Crippen LogP contribution < -0.4 is 10.1 Å². The number of amides is 1. The molecule has 106 valence electrons. The van der Waals surface area contributed by atoms with E-state index >= 15 is 0 Å². The van der Waals surface area contributed by atoms with Crippen LogP contribution in [0.15, 0.2) is 40.9 Å². The second kappa shape index (κ2) is 6.23. The highest BCUT2D eigenvalue weighted by Crippen LogP contribution is 2.21. The fourth-order valence-corrected chi connectivity index (χ4v) is 1.91. The largest absolute Gasteiger partial charge is 0.468 e. The molecule has 1 unspecified atom stereocenters. The number of nitrogens with one attached hydrogen (secondary N) is 1. The first-order chi connectivity index (χ1) is 9.61. The Balaban J connectivity index is 2.14. The van der Waals surface area contributed by atoms with Gasteiger partial charge in [0.2, 0.25) is 0 Å². The van der Waals surface area contributed by atoms with Crippen LogP contribution in [0, 0.1) is 5.92 Å². The molecular weight excluding hydrogens is 256 g/mol. The zero-order valence-electron chi connectivity index (χ0n) is 11.8. The van der Waals surface area contributed by atoms with Crippen LogP contribution in [0.1, 0.15) is 36.1 Å². The fraction of sp³-hybridized carbons (Fsp3) is 0.333. The van der Waals surface area contributed by atoms with Gasteiger partial charge in [0.25, 0.3) is 11.9 Å². The topological polar surface area (TPSA) is 64.4 Å². The van der Waals surface area contributed by atoms with Crippen molar-refractivity contribution in [3.63, 3.8) is 0 Å². The van der Waals surface area contributed by atoms with E-state index in [1.54, 1.807) is 18.3 Å². The van der Waals surface area contributed by atoms with E-state index in [1.807, 2.05) is 32.0 Å². The van der Waals surface area contributed by atoms with Crippen LogP contribution in [-0.4, -0.2) is 18.0 Å². The summed E-state index contributed by atoms with van der Waals surface area (Å²) < 4.78 is 10.2. The van der Waals surface area contributed by atoms with Crippen LogP contribution in [0.2, 0.25) is 0 Å². The summed E-state index contributed by atoms with van der Waals surface area (Å²) in [4.78, 5) is 16.5. The molecule has 0 radical (unpaired) electrons. The number of ether oxygens (including phenoxy) is 1. The maximum absolute atomic E-state index is 12.2. The molecule has 0 saturated carbocycles. The van der Waals surface area contributed by atoms with Gasteiger partial charge in [0, 0.05) is 12.3 Å². The van der Waals surface area contributed by atoms with E-state index in [9.17, 15) is 4.79 Å². The molecule has 2 aromatic heterocycles. The average Bonchev–Trinajstić information content (AvgIpc) is 2.94. The van der Waals surface area contributed by atoms with E-state index in [1.165, 1.54) is 7.11 Å². The molecule has 1 N–H and O–H groups in total. The number of rotatable bonds is 5. The van der Waals surface area contributed by atoms with E-state index in [0.717, 1.165) is 5.69 Å².